The van der Waals surface area contributed by atoms with Gasteiger partial charge in [0.2, 0.25) is 0 Å². The highest BCUT2D eigenvalue weighted by Gasteiger charge is 2.30. The molecule has 1 saturated heterocycles. The zero-order valence-corrected chi connectivity index (χ0v) is 13.4. The van der Waals surface area contributed by atoms with Crippen molar-refractivity contribution in [1.82, 2.24) is 29.7 Å². The maximum Gasteiger partial charge on any atom is 0.0971 e. The number of nitrogens with zero attached hydrogens (tertiary/aromatic N) is 6. The first-order chi connectivity index (χ1) is 11.2. The maximum atomic E-state index is 4.58. The Morgan fingerprint density at radius 1 is 1.09 bits per heavy atom. The summed E-state index contributed by atoms with van der Waals surface area (Å²) in [5.74, 6) is 0. The molecular weight excluding hydrogens is 288 g/mol. The molecule has 1 fully saturated rings. The molecule has 6 nitrogen and oxygen atoms in total. The van der Waals surface area contributed by atoms with E-state index in [1.54, 1.807) is 4.80 Å². The van der Waals surface area contributed by atoms with Gasteiger partial charge in [0.25, 0.3) is 0 Å². The fourth-order valence-electron chi connectivity index (χ4n) is 3.12. The number of aromatic nitrogens is 5. The first kappa shape index (κ1) is 14.1. The number of benzene rings is 1. The minimum absolute atomic E-state index is 0.480. The highest BCUT2D eigenvalue weighted by atomic mass is 15.5. The SMILES string of the molecule is Cc1cc(C)n(C2CN(Cc3cnn(-c4ccccc4)n3)C2)n1. The van der Waals surface area contributed by atoms with E-state index >= 15 is 0 Å². The van der Waals surface area contributed by atoms with Gasteiger partial charge in [-0.1, -0.05) is 18.2 Å². The van der Waals surface area contributed by atoms with Crippen LogP contribution in [-0.4, -0.2) is 42.8 Å². The number of aryl methyl sites for hydroxylation is 2. The van der Waals surface area contributed by atoms with Crippen LogP contribution in [0.2, 0.25) is 0 Å². The van der Waals surface area contributed by atoms with Crippen LogP contribution in [0.4, 0.5) is 0 Å². The van der Waals surface area contributed by atoms with Crippen LogP contribution in [0.1, 0.15) is 23.1 Å². The second-order valence-corrected chi connectivity index (χ2v) is 6.18. The van der Waals surface area contributed by atoms with Gasteiger partial charge in [-0.15, -0.1) is 0 Å². The zero-order valence-electron chi connectivity index (χ0n) is 13.4. The molecule has 6 heteroatoms. The van der Waals surface area contributed by atoms with Crippen molar-refractivity contribution >= 4 is 0 Å². The van der Waals surface area contributed by atoms with E-state index in [-0.39, 0.29) is 0 Å². The fourth-order valence-corrected chi connectivity index (χ4v) is 3.12. The minimum Gasteiger partial charge on any atom is -0.293 e. The van der Waals surface area contributed by atoms with Crippen molar-refractivity contribution in [2.24, 2.45) is 0 Å². The standard InChI is InChI=1S/C17H20N6/c1-13-8-14(2)22(19-13)17-11-21(12-17)10-15-9-18-23(20-15)16-6-4-3-5-7-16/h3-9,17H,10-12H2,1-2H3. The van der Waals surface area contributed by atoms with Crippen LogP contribution < -0.4 is 0 Å². The third-order valence-corrected chi connectivity index (χ3v) is 4.24. The molecule has 0 amide bonds. The van der Waals surface area contributed by atoms with E-state index in [1.165, 1.54) is 5.69 Å². The topological polar surface area (TPSA) is 51.8 Å². The summed E-state index contributed by atoms with van der Waals surface area (Å²) in [5.41, 5.74) is 4.32. The molecule has 3 aromatic rings. The molecule has 118 valence electrons. The average Bonchev–Trinajstić information content (AvgIpc) is 3.10. The maximum absolute atomic E-state index is 4.58. The molecule has 1 aliphatic rings. The van der Waals surface area contributed by atoms with Gasteiger partial charge in [-0.25, -0.2) is 0 Å². The molecule has 1 aromatic carbocycles. The van der Waals surface area contributed by atoms with Crippen molar-refractivity contribution in [3.05, 3.63) is 59.7 Å². The molecule has 23 heavy (non-hydrogen) atoms. The van der Waals surface area contributed by atoms with Gasteiger partial charge in [0.05, 0.1) is 29.3 Å². The quantitative estimate of drug-likeness (QED) is 0.741. The summed E-state index contributed by atoms with van der Waals surface area (Å²) in [5, 5.41) is 13.5. The van der Waals surface area contributed by atoms with E-state index in [2.05, 4.69) is 37.9 Å². The van der Waals surface area contributed by atoms with Crippen molar-refractivity contribution < 1.29 is 0 Å². The van der Waals surface area contributed by atoms with Crippen LogP contribution >= 0.6 is 0 Å². The molecular formula is C17H20N6. The van der Waals surface area contributed by atoms with Crippen LogP contribution in [0.5, 0.6) is 0 Å². The Balaban J connectivity index is 1.38. The second-order valence-electron chi connectivity index (χ2n) is 6.18. The molecule has 0 aliphatic carbocycles. The predicted octanol–water partition coefficient (Wildman–Crippen LogP) is 2.14. The van der Waals surface area contributed by atoms with Crippen molar-refractivity contribution in [2.45, 2.75) is 26.4 Å². The van der Waals surface area contributed by atoms with Gasteiger partial charge in [0, 0.05) is 25.3 Å². The first-order valence-corrected chi connectivity index (χ1v) is 7.91. The van der Waals surface area contributed by atoms with E-state index in [9.17, 15) is 0 Å². The number of hydrogen-bond acceptors (Lipinski definition) is 4. The molecule has 3 heterocycles. The Kier molecular flexibility index (Phi) is 3.46. The Hall–Kier alpha value is -2.47. The zero-order chi connectivity index (χ0) is 15.8. The fraction of sp³-hybridized carbons (Fsp3) is 0.353. The van der Waals surface area contributed by atoms with Gasteiger partial charge in [-0.05, 0) is 32.0 Å². The summed E-state index contributed by atoms with van der Waals surface area (Å²) in [6, 6.07) is 12.6. The number of likely N-dealkylation sites (tertiary alicyclic amines) is 1. The summed E-state index contributed by atoms with van der Waals surface area (Å²) in [6.07, 6.45) is 1.85. The Labute approximate surface area is 135 Å². The van der Waals surface area contributed by atoms with Gasteiger partial charge in [-0.3, -0.25) is 9.58 Å². The van der Waals surface area contributed by atoms with Gasteiger partial charge in [-0.2, -0.15) is 20.1 Å². The molecule has 0 radical (unpaired) electrons. The molecule has 4 rings (SSSR count). The number of rotatable bonds is 4. The second kappa shape index (κ2) is 5.62. The van der Waals surface area contributed by atoms with Gasteiger partial charge >= 0.3 is 0 Å². The van der Waals surface area contributed by atoms with E-state index in [0.717, 1.165) is 36.7 Å². The molecule has 2 aromatic heterocycles. The largest absolute Gasteiger partial charge is 0.293 e. The smallest absolute Gasteiger partial charge is 0.0971 e. The lowest BCUT2D eigenvalue weighted by Crippen LogP contribution is -2.47. The molecule has 1 aliphatic heterocycles. The van der Waals surface area contributed by atoms with Gasteiger partial charge < -0.3 is 0 Å². The molecule has 0 N–H and O–H groups in total. The Bertz CT molecular complexity index is 798. The summed E-state index contributed by atoms with van der Waals surface area (Å²) >= 11 is 0. The summed E-state index contributed by atoms with van der Waals surface area (Å²) in [6.45, 7) is 7.03. The average molecular weight is 308 g/mol. The third-order valence-electron chi connectivity index (χ3n) is 4.24. The van der Waals surface area contributed by atoms with E-state index in [0.29, 0.717) is 6.04 Å². The van der Waals surface area contributed by atoms with Crippen LogP contribution in [0, 0.1) is 13.8 Å². The minimum atomic E-state index is 0.480. The van der Waals surface area contributed by atoms with Crippen molar-refractivity contribution in [2.75, 3.05) is 13.1 Å². The Morgan fingerprint density at radius 3 is 2.57 bits per heavy atom. The van der Waals surface area contributed by atoms with Crippen molar-refractivity contribution in [3.8, 4) is 5.69 Å². The molecule has 0 spiro atoms. The van der Waals surface area contributed by atoms with Crippen LogP contribution in [0.25, 0.3) is 5.69 Å². The molecule has 0 saturated carbocycles. The molecule has 0 atom stereocenters. The molecule has 0 unspecified atom stereocenters. The number of hydrogen-bond donors (Lipinski definition) is 0. The van der Waals surface area contributed by atoms with E-state index < -0.39 is 0 Å². The van der Waals surface area contributed by atoms with Gasteiger partial charge in [0.15, 0.2) is 0 Å². The van der Waals surface area contributed by atoms with Crippen LogP contribution in [0.3, 0.4) is 0 Å². The Morgan fingerprint density at radius 2 is 1.87 bits per heavy atom. The summed E-state index contributed by atoms with van der Waals surface area (Å²) < 4.78 is 2.15. The highest BCUT2D eigenvalue weighted by Crippen LogP contribution is 2.24. The van der Waals surface area contributed by atoms with Crippen molar-refractivity contribution in [1.29, 1.82) is 0 Å². The molecule has 0 bridgehead atoms. The summed E-state index contributed by atoms with van der Waals surface area (Å²) in [7, 11) is 0. The van der Waals surface area contributed by atoms with Gasteiger partial charge in [0.1, 0.15) is 0 Å². The highest BCUT2D eigenvalue weighted by molar-refractivity contribution is 5.28. The third kappa shape index (κ3) is 2.77. The van der Waals surface area contributed by atoms with Crippen LogP contribution in [0.15, 0.2) is 42.6 Å². The van der Waals surface area contributed by atoms with E-state index in [4.69, 9.17) is 0 Å². The lowest BCUT2D eigenvalue weighted by molar-refractivity contribution is 0.0879. The summed E-state index contributed by atoms with van der Waals surface area (Å²) in [4.78, 5) is 4.06. The monoisotopic (exact) mass is 308 g/mol. The predicted molar refractivity (Wildman–Crippen MR) is 87.4 cm³/mol. The number of para-hydroxylation sites is 1. The van der Waals surface area contributed by atoms with Crippen LogP contribution in [-0.2, 0) is 6.54 Å². The lowest BCUT2D eigenvalue weighted by atomic mass is 10.1. The lowest BCUT2D eigenvalue weighted by Gasteiger charge is -2.39. The van der Waals surface area contributed by atoms with Crippen molar-refractivity contribution in [3.63, 3.8) is 0 Å². The van der Waals surface area contributed by atoms with E-state index in [1.807, 2.05) is 43.5 Å². The normalized spacial score (nSPS) is 15.7. The first-order valence-electron chi connectivity index (χ1n) is 7.91.